The number of aliphatic hydroxyl groups is 1. The molecule has 116 valence electrons. The van der Waals surface area contributed by atoms with Crippen molar-refractivity contribution in [2.45, 2.75) is 44.2 Å². The SMILES string of the molecule is CC1(C)O[C@@H]2[C@H](O1)[C@@H](CO)O[C@H]2n1ncc(C(N)=O)c1N. The molecule has 2 saturated heterocycles. The maximum Gasteiger partial charge on any atom is 0.254 e. The summed E-state index contributed by atoms with van der Waals surface area (Å²) in [5.74, 6) is -1.37. The maximum atomic E-state index is 11.3. The molecule has 9 nitrogen and oxygen atoms in total. The Hall–Kier alpha value is -1.68. The van der Waals surface area contributed by atoms with Gasteiger partial charge < -0.3 is 30.8 Å². The van der Waals surface area contributed by atoms with Crippen LogP contribution in [-0.2, 0) is 14.2 Å². The molecule has 1 amide bonds. The van der Waals surface area contributed by atoms with Gasteiger partial charge in [-0.1, -0.05) is 0 Å². The van der Waals surface area contributed by atoms with Crippen LogP contribution in [0.4, 0.5) is 5.82 Å². The first-order valence-corrected chi connectivity index (χ1v) is 6.59. The molecule has 2 fully saturated rings. The molecule has 0 saturated carbocycles. The maximum absolute atomic E-state index is 11.3. The van der Waals surface area contributed by atoms with Crippen molar-refractivity contribution in [2.24, 2.45) is 5.73 Å². The van der Waals surface area contributed by atoms with Crippen LogP contribution >= 0.6 is 0 Å². The van der Waals surface area contributed by atoms with Crippen LogP contribution in [0.5, 0.6) is 0 Å². The van der Waals surface area contributed by atoms with E-state index in [-0.39, 0.29) is 18.0 Å². The zero-order chi connectivity index (χ0) is 15.4. The molecule has 9 heteroatoms. The lowest BCUT2D eigenvalue weighted by atomic mass is 10.1. The summed E-state index contributed by atoms with van der Waals surface area (Å²) in [5, 5.41) is 13.5. The first-order chi connectivity index (χ1) is 9.84. The second-order valence-electron chi connectivity index (χ2n) is 5.56. The first kappa shape index (κ1) is 14.3. The summed E-state index contributed by atoms with van der Waals surface area (Å²) in [4.78, 5) is 11.3. The van der Waals surface area contributed by atoms with Crippen LogP contribution in [0, 0.1) is 0 Å². The van der Waals surface area contributed by atoms with Crippen LogP contribution in [0.2, 0.25) is 0 Å². The van der Waals surface area contributed by atoms with Crippen molar-refractivity contribution in [3.8, 4) is 0 Å². The topological polar surface area (TPSA) is 135 Å². The van der Waals surface area contributed by atoms with E-state index >= 15 is 0 Å². The number of nitrogens with two attached hydrogens (primary N) is 2. The highest BCUT2D eigenvalue weighted by atomic mass is 16.8. The van der Waals surface area contributed by atoms with Gasteiger partial charge in [0.25, 0.3) is 5.91 Å². The van der Waals surface area contributed by atoms with Gasteiger partial charge in [-0.3, -0.25) is 4.79 Å². The third-order valence-electron chi connectivity index (χ3n) is 3.65. The number of nitrogens with zero attached hydrogens (tertiary/aromatic N) is 2. The third kappa shape index (κ3) is 2.18. The molecule has 2 aliphatic heterocycles. The first-order valence-electron chi connectivity index (χ1n) is 6.59. The fourth-order valence-electron chi connectivity index (χ4n) is 2.77. The smallest absolute Gasteiger partial charge is 0.254 e. The number of nitrogen functional groups attached to an aromatic ring is 1. The van der Waals surface area contributed by atoms with Gasteiger partial charge >= 0.3 is 0 Å². The number of fused-ring (bicyclic) bond motifs is 1. The van der Waals surface area contributed by atoms with Crippen LogP contribution < -0.4 is 11.5 Å². The molecule has 2 aliphatic rings. The van der Waals surface area contributed by atoms with Gasteiger partial charge in [0.1, 0.15) is 29.7 Å². The number of hydrogen-bond acceptors (Lipinski definition) is 7. The van der Waals surface area contributed by atoms with Gasteiger partial charge in [-0.15, -0.1) is 0 Å². The molecule has 3 rings (SSSR count). The fourth-order valence-corrected chi connectivity index (χ4v) is 2.77. The minimum absolute atomic E-state index is 0.0955. The van der Waals surface area contributed by atoms with Crippen LogP contribution in [0.15, 0.2) is 6.20 Å². The molecule has 1 aromatic rings. The highest BCUT2D eigenvalue weighted by Crippen LogP contribution is 2.43. The Labute approximate surface area is 120 Å². The van der Waals surface area contributed by atoms with E-state index in [1.807, 2.05) is 0 Å². The van der Waals surface area contributed by atoms with Crippen LogP contribution in [-0.4, -0.2) is 51.5 Å². The van der Waals surface area contributed by atoms with Crippen LogP contribution in [0.25, 0.3) is 0 Å². The van der Waals surface area contributed by atoms with Crippen molar-refractivity contribution < 1.29 is 24.1 Å². The third-order valence-corrected chi connectivity index (χ3v) is 3.65. The van der Waals surface area contributed by atoms with Gasteiger partial charge in [-0.2, -0.15) is 5.10 Å². The van der Waals surface area contributed by atoms with E-state index in [4.69, 9.17) is 25.7 Å². The lowest BCUT2D eigenvalue weighted by Gasteiger charge is -2.24. The lowest BCUT2D eigenvalue weighted by Crippen LogP contribution is -2.31. The predicted molar refractivity (Wildman–Crippen MR) is 70.0 cm³/mol. The number of carbonyl (C=O) groups is 1. The molecule has 3 heterocycles. The highest BCUT2D eigenvalue weighted by Gasteiger charge is 2.56. The minimum Gasteiger partial charge on any atom is -0.394 e. The number of amides is 1. The normalized spacial score (nSPS) is 34.0. The van der Waals surface area contributed by atoms with Gasteiger partial charge in [0.2, 0.25) is 0 Å². The summed E-state index contributed by atoms with van der Waals surface area (Å²) >= 11 is 0. The summed E-state index contributed by atoms with van der Waals surface area (Å²) in [5.41, 5.74) is 11.2. The standard InChI is InChI=1S/C12H18N4O5/c1-12(2)20-7-6(4-17)19-11(8(7)21-12)16-9(13)5(3-15-16)10(14)18/h3,6-8,11,17H,4,13H2,1-2H3,(H2,14,18)/t6-,7-,8-,11-/m1/s1. The lowest BCUT2D eigenvalue weighted by molar-refractivity contribution is -0.201. The molecule has 4 atom stereocenters. The monoisotopic (exact) mass is 298 g/mol. The number of primary amides is 1. The Morgan fingerprint density at radius 2 is 2.14 bits per heavy atom. The zero-order valence-electron chi connectivity index (χ0n) is 11.7. The molecule has 0 bridgehead atoms. The second kappa shape index (κ2) is 4.67. The van der Waals surface area contributed by atoms with E-state index in [1.165, 1.54) is 10.9 Å². The molecule has 0 aromatic carbocycles. The number of hydrogen-bond donors (Lipinski definition) is 3. The number of rotatable bonds is 3. The van der Waals surface area contributed by atoms with Crippen molar-refractivity contribution in [1.82, 2.24) is 9.78 Å². The van der Waals surface area contributed by atoms with E-state index < -0.39 is 36.2 Å². The van der Waals surface area contributed by atoms with Crippen molar-refractivity contribution in [3.05, 3.63) is 11.8 Å². The summed E-state index contributed by atoms with van der Waals surface area (Å²) in [6.45, 7) is 3.33. The Kier molecular flexibility index (Phi) is 3.17. The average Bonchev–Trinajstić information content (AvgIpc) is 3.00. The van der Waals surface area contributed by atoms with Gasteiger partial charge in [-0.25, -0.2) is 4.68 Å². The van der Waals surface area contributed by atoms with Gasteiger partial charge in [0, 0.05) is 0 Å². The van der Waals surface area contributed by atoms with E-state index in [2.05, 4.69) is 5.10 Å². The van der Waals surface area contributed by atoms with Gasteiger partial charge in [-0.05, 0) is 13.8 Å². The number of ether oxygens (including phenoxy) is 3. The Morgan fingerprint density at radius 1 is 1.48 bits per heavy atom. The molecular weight excluding hydrogens is 280 g/mol. The van der Waals surface area contributed by atoms with Crippen LogP contribution in [0.1, 0.15) is 30.4 Å². The molecule has 21 heavy (non-hydrogen) atoms. The van der Waals surface area contributed by atoms with E-state index in [0.717, 1.165) is 0 Å². The van der Waals surface area contributed by atoms with E-state index in [0.29, 0.717) is 0 Å². The summed E-state index contributed by atoms with van der Waals surface area (Å²) in [6.07, 6.45) is -0.886. The molecule has 1 aromatic heterocycles. The highest BCUT2D eigenvalue weighted by molar-refractivity contribution is 5.96. The fraction of sp³-hybridized carbons (Fsp3) is 0.667. The van der Waals surface area contributed by atoms with Crippen LogP contribution in [0.3, 0.4) is 0 Å². The number of carbonyl (C=O) groups excluding carboxylic acids is 1. The predicted octanol–water partition coefficient (Wildman–Crippen LogP) is -1.03. The largest absolute Gasteiger partial charge is 0.394 e. The Morgan fingerprint density at radius 3 is 2.71 bits per heavy atom. The summed E-state index contributed by atoms with van der Waals surface area (Å²) < 4.78 is 18.6. The van der Waals surface area contributed by atoms with Crippen molar-refractivity contribution in [1.29, 1.82) is 0 Å². The molecule has 0 aliphatic carbocycles. The van der Waals surface area contributed by atoms with E-state index in [1.54, 1.807) is 13.8 Å². The minimum atomic E-state index is -0.792. The molecule has 5 N–H and O–H groups in total. The van der Waals surface area contributed by atoms with Gasteiger partial charge in [0.15, 0.2) is 12.0 Å². The van der Waals surface area contributed by atoms with Crippen molar-refractivity contribution >= 4 is 11.7 Å². The Balaban J connectivity index is 1.94. The molecule has 0 radical (unpaired) electrons. The number of anilines is 1. The quantitative estimate of drug-likeness (QED) is 0.649. The summed E-state index contributed by atoms with van der Waals surface area (Å²) in [7, 11) is 0. The van der Waals surface area contributed by atoms with E-state index in [9.17, 15) is 9.90 Å². The molecule has 0 spiro atoms. The zero-order valence-corrected chi connectivity index (χ0v) is 11.7. The Bertz CT molecular complexity index is 572. The van der Waals surface area contributed by atoms with Crippen molar-refractivity contribution in [3.63, 3.8) is 0 Å². The van der Waals surface area contributed by atoms with Crippen molar-refractivity contribution in [2.75, 3.05) is 12.3 Å². The molecule has 0 unspecified atom stereocenters. The van der Waals surface area contributed by atoms with Gasteiger partial charge in [0.05, 0.1) is 12.8 Å². The molecular formula is C12H18N4O5. The second-order valence-corrected chi connectivity index (χ2v) is 5.56. The number of aliphatic hydroxyl groups excluding tert-OH is 1. The summed E-state index contributed by atoms with van der Waals surface area (Å²) in [6, 6.07) is 0. The number of aromatic nitrogens is 2. The average molecular weight is 298 g/mol.